The summed E-state index contributed by atoms with van der Waals surface area (Å²) in [6.45, 7) is 27.4. The molecule has 2 unspecified atom stereocenters. The van der Waals surface area contributed by atoms with E-state index in [1.54, 1.807) is 0 Å². The molecule has 2 aliphatic rings. The molecule has 0 saturated carbocycles. The monoisotopic (exact) mass is 563 g/mol. The van der Waals surface area contributed by atoms with Crippen molar-refractivity contribution in [3.05, 3.63) is 35.4 Å². The lowest BCUT2D eigenvalue weighted by molar-refractivity contribution is -0.109. The quantitative estimate of drug-likeness (QED) is 0.187. The van der Waals surface area contributed by atoms with Crippen LogP contribution in [0.25, 0.3) is 0 Å². The summed E-state index contributed by atoms with van der Waals surface area (Å²) in [5.41, 5.74) is 2.64. The molecule has 2 heterocycles. The van der Waals surface area contributed by atoms with Crippen LogP contribution in [0, 0.1) is 5.92 Å². The Morgan fingerprint density at radius 1 is 1.00 bits per heavy atom. The first-order chi connectivity index (χ1) is 19.4. The van der Waals surface area contributed by atoms with E-state index in [-0.39, 0.29) is 0 Å². The molecule has 0 amide bonds. The maximum absolute atomic E-state index is 11.1. The van der Waals surface area contributed by atoms with E-state index in [1.165, 1.54) is 49.9 Å². The molecule has 0 radical (unpaired) electrons. The molecule has 0 N–H and O–H groups in total. The predicted octanol–water partition coefficient (Wildman–Crippen LogP) is 9.36. The lowest BCUT2D eigenvalue weighted by Crippen LogP contribution is -2.32. The molecule has 0 aromatic heterocycles. The van der Waals surface area contributed by atoms with Crippen LogP contribution >= 0.6 is 0 Å². The van der Waals surface area contributed by atoms with Crippen molar-refractivity contribution < 1.29 is 14.3 Å². The molecule has 1 aromatic carbocycles. The number of benzene rings is 1. The number of likely N-dealkylation sites (tertiary alicyclic amines) is 1. The first-order valence-corrected chi connectivity index (χ1v) is 16.3. The number of fused-ring (bicyclic) bond motifs is 1. The number of ether oxygens (including phenoxy) is 2. The maximum atomic E-state index is 11.1. The molecule has 1 aromatic rings. The summed E-state index contributed by atoms with van der Waals surface area (Å²) in [6.07, 6.45) is 10.9. The second-order valence-corrected chi connectivity index (χ2v) is 10.3. The van der Waals surface area contributed by atoms with Crippen LogP contribution in [-0.2, 0) is 4.79 Å². The van der Waals surface area contributed by atoms with Gasteiger partial charge in [-0.2, -0.15) is 0 Å². The highest BCUT2D eigenvalue weighted by molar-refractivity contribution is 5.52. The molecular formula is C35H66N2O3. The molecule has 5 heteroatoms. The van der Waals surface area contributed by atoms with Gasteiger partial charge >= 0.3 is 0 Å². The predicted molar refractivity (Wildman–Crippen MR) is 176 cm³/mol. The average molecular weight is 563 g/mol. The summed E-state index contributed by atoms with van der Waals surface area (Å²) in [7, 11) is 2.21. The van der Waals surface area contributed by atoms with Gasteiger partial charge in [0.1, 0.15) is 6.29 Å². The number of unbranched alkanes of at least 4 members (excludes halogenated alkanes) is 2. The standard InChI is InChI=1S/C20H27NO3.C9H21N.3C2H6/c1-14(2)8-15(3)9-18-10-17(12-21(18)6-7-22)16-4-5-19-20(11-16)24-13-23-19;1-4-6-8-10(3)9-7-5-2;3*1-2/h4-5,7-8,11,15,17-18H,6,9-10,12-13H2,1-3H3;4-9H2,1-3H3;3*1-2H3/t15?,17?,18-;;;;/m0..../s1. The van der Waals surface area contributed by atoms with Gasteiger partial charge < -0.3 is 19.2 Å². The van der Waals surface area contributed by atoms with Gasteiger partial charge in [0.15, 0.2) is 11.5 Å². The molecule has 3 rings (SSSR count). The fourth-order valence-electron chi connectivity index (χ4n) is 4.99. The number of hydrogen-bond donors (Lipinski definition) is 0. The Balaban J connectivity index is 0. The van der Waals surface area contributed by atoms with Crippen molar-refractivity contribution in [2.24, 2.45) is 5.92 Å². The lowest BCUT2D eigenvalue weighted by Gasteiger charge is -2.23. The number of carbonyl (C=O) groups is 1. The summed E-state index contributed by atoms with van der Waals surface area (Å²) >= 11 is 0. The summed E-state index contributed by atoms with van der Waals surface area (Å²) < 4.78 is 10.9. The zero-order chi connectivity index (χ0) is 30.9. The number of allylic oxidation sites excluding steroid dienone is 2. The Kier molecular flexibility index (Phi) is 26.3. The summed E-state index contributed by atoms with van der Waals surface area (Å²) in [6, 6.07) is 6.70. The molecule has 0 spiro atoms. The molecule has 2 aliphatic heterocycles. The van der Waals surface area contributed by atoms with Crippen LogP contribution in [0.15, 0.2) is 29.8 Å². The summed E-state index contributed by atoms with van der Waals surface area (Å²) in [4.78, 5) is 15.8. The lowest BCUT2D eigenvalue weighted by atomic mass is 9.92. The van der Waals surface area contributed by atoms with E-state index in [1.807, 2.05) is 47.6 Å². The fourth-order valence-corrected chi connectivity index (χ4v) is 4.99. The molecule has 5 nitrogen and oxygen atoms in total. The van der Waals surface area contributed by atoms with Crippen molar-refractivity contribution in [2.75, 3.05) is 40.0 Å². The van der Waals surface area contributed by atoms with E-state index in [0.29, 0.717) is 31.2 Å². The van der Waals surface area contributed by atoms with Crippen molar-refractivity contribution in [2.45, 2.75) is 127 Å². The summed E-state index contributed by atoms with van der Waals surface area (Å²) in [5.74, 6) is 2.65. The average Bonchev–Trinajstić information content (AvgIpc) is 3.60. The van der Waals surface area contributed by atoms with Crippen LogP contribution in [0.2, 0.25) is 0 Å². The molecule has 0 aliphatic carbocycles. The highest BCUT2D eigenvalue weighted by Crippen LogP contribution is 2.39. The largest absolute Gasteiger partial charge is 0.454 e. The van der Waals surface area contributed by atoms with Crippen LogP contribution in [0.1, 0.15) is 126 Å². The van der Waals surface area contributed by atoms with Gasteiger partial charge in [-0.15, -0.1) is 0 Å². The van der Waals surface area contributed by atoms with Crippen molar-refractivity contribution in [3.63, 3.8) is 0 Å². The van der Waals surface area contributed by atoms with E-state index in [2.05, 4.69) is 69.7 Å². The zero-order valence-electron chi connectivity index (χ0n) is 28.5. The van der Waals surface area contributed by atoms with Gasteiger partial charge in [0, 0.05) is 12.6 Å². The molecular weight excluding hydrogens is 496 g/mol. The molecule has 0 bridgehead atoms. The normalized spacial score (nSPS) is 17.5. The fraction of sp³-hybridized carbons (Fsp3) is 0.743. The van der Waals surface area contributed by atoms with Crippen LogP contribution < -0.4 is 9.47 Å². The molecule has 1 fully saturated rings. The topological polar surface area (TPSA) is 42.0 Å². The highest BCUT2D eigenvalue weighted by Gasteiger charge is 2.33. The van der Waals surface area contributed by atoms with Gasteiger partial charge in [-0.25, -0.2) is 0 Å². The van der Waals surface area contributed by atoms with Gasteiger partial charge in [0.2, 0.25) is 6.79 Å². The number of carbonyl (C=O) groups excluding carboxylic acids is 1. The van der Waals surface area contributed by atoms with Crippen molar-refractivity contribution in [1.29, 1.82) is 0 Å². The molecule has 234 valence electrons. The Bertz CT molecular complexity index is 753. The Hall–Kier alpha value is -1.85. The van der Waals surface area contributed by atoms with E-state index >= 15 is 0 Å². The van der Waals surface area contributed by atoms with Gasteiger partial charge in [0.05, 0.1) is 6.54 Å². The van der Waals surface area contributed by atoms with Crippen LogP contribution in [0.3, 0.4) is 0 Å². The third kappa shape index (κ3) is 16.4. The summed E-state index contributed by atoms with van der Waals surface area (Å²) in [5, 5.41) is 0. The van der Waals surface area contributed by atoms with E-state index < -0.39 is 0 Å². The van der Waals surface area contributed by atoms with E-state index in [0.717, 1.165) is 37.2 Å². The maximum Gasteiger partial charge on any atom is 0.231 e. The van der Waals surface area contributed by atoms with Crippen LogP contribution in [0.4, 0.5) is 0 Å². The van der Waals surface area contributed by atoms with Crippen molar-refractivity contribution in [1.82, 2.24) is 9.80 Å². The third-order valence-corrected chi connectivity index (χ3v) is 6.75. The number of nitrogens with zero attached hydrogens (tertiary/aromatic N) is 2. The van der Waals surface area contributed by atoms with Gasteiger partial charge in [0.25, 0.3) is 0 Å². The number of aldehydes is 1. The molecule has 3 atom stereocenters. The first-order valence-electron chi connectivity index (χ1n) is 16.3. The number of rotatable bonds is 12. The van der Waals surface area contributed by atoms with E-state index in [9.17, 15) is 4.79 Å². The minimum absolute atomic E-state index is 0.309. The second-order valence-electron chi connectivity index (χ2n) is 10.3. The van der Waals surface area contributed by atoms with Crippen molar-refractivity contribution >= 4 is 6.29 Å². The Morgan fingerprint density at radius 2 is 1.57 bits per heavy atom. The Morgan fingerprint density at radius 3 is 2.10 bits per heavy atom. The SMILES string of the molecule is CC.CC.CC.CC(C)=CC(C)C[C@H]1CC(c2ccc3c(c2)OCO3)CN1CC=O.CCCCN(C)CCCC. The molecule has 40 heavy (non-hydrogen) atoms. The van der Waals surface area contributed by atoms with Gasteiger partial charge in [-0.05, 0) is 89.2 Å². The van der Waals surface area contributed by atoms with Gasteiger partial charge in [-0.1, -0.05) is 92.9 Å². The second kappa shape index (κ2) is 26.1. The zero-order valence-corrected chi connectivity index (χ0v) is 28.5. The van der Waals surface area contributed by atoms with Crippen molar-refractivity contribution in [3.8, 4) is 11.5 Å². The highest BCUT2D eigenvalue weighted by atomic mass is 16.7. The van der Waals surface area contributed by atoms with E-state index in [4.69, 9.17) is 9.47 Å². The van der Waals surface area contributed by atoms with Crippen LogP contribution in [0.5, 0.6) is 11.5 Å². The minimum Gasteiger partial charge on any atom is -0.454 e. The number of hydrogen-bond acceptors (Lipinski definition) is 5. The minimum atomic E-state index is 0.309. The Labute approximate surface area is 249 Å². The smallest absolute Gasteiger partial charge is 0.231 e. The van der Waals surface area contributed by atoms with Crippen LogP contribution in [-0.4, -0.2) is 62.1 Å². The third-order valence-electron chi connectivity index (χ3n) is 6.75. The van der Waals surface area contributed by atoms with Gasteiger partial charge in [-0.3, -0.25) is 4.90 Å². The molecule has 1 saturated heterocycles. The first kappa shape index (κ1) is 40.3.